The maximum atomic E-state index is 11.7. The van der Waals surface area contributed by atoms with E-state index in [1.54, 1.807) is 6.92 Å². The van der Waals surface area contributed by atoms with Gasteiger partial charge in [-0.15, -0.1) is 0 Å². The van der Waals surface area contributed by atoms with Gasteiger partial charge in [-0.25, -0.2) is 0 Å². The van der Waals surface area contributed by atoms with Crippen molar-refractivity contribution in [2.75, 3.05) is 19.8 Å². The molecule has 2 atom stereocenters. The Morgan fingerprint density at radius 3 is 2.86 bits per heavy atom. The first-order chi connectivity index (χ1) is 6.66. The molecule has 1 N–H and O–H groups in total. The molecule has 1 rings (SSSR count). The van der Waals surface area contributed by atoms with Gasteiger partial charge in [0.05, 0.1) is 19.1 Å². The lowest BCUT2D eigenvalue weighted by Gasteiger charge is -2.17. The van der Waals surface area contributed by atoms with Crippen LogP contribution in [0.5, 0.6) is 0 Å². The normalized spacial score (nSPS) is 26.4. The molecule has 0 bridgehead atoms. The zero-order valence-electron chi connectivity index (χ0n) is 9.01. The van der Waals surface area contributed by atoms with Crippen molar-refractivity contribution >= 4 is 5.78 Å². The van der Waals surface area contributed by atoms with E-state index in [2.05, 4.69) is 18.8 Å². The zero-order valence-corrected chi connectivity index (χ0v) is 9.01. The standard InChI is InChI=1S/C11H19NO2/c1-4-5-12-10-7-14-6-9(10)11(13)8(2)3/h9-10,12H,2,4-7H2,1,3H3. The highest BCUT2D eigenvalue weighted by atomic mass is 16.5. The van der Waals surface area contributed by atoms with Crippen molar-refractivity contribution in [1.29, 1.82) is 0 Å². The lowest BCUT2D eigenvalue weighted by Crippen LogP contribution is -2.39. The van der Waals surface area contributed by atoms with Crippen LogP contribution in [0.25, 0.3) is 0 Å². The fraction of sp³-hybridized carbons (Fsp3) is 0.727. The molecule has 1 aliphatic heterocycles. The first-order valence-electron chi connectivity index (χ1n) is 5.17. The molecule has 0 aromatic heterocycles. The summed E-state index contributed by atoms with van der Waals surface area (Å²) in [6, 6.07) is 0.180. The van der Waals surface area contributed by atoms with Gasteiger partial charge in [0.2, 0.25) is 0 Å². The third-order valence-electron chi connectivity index (χ3n) is 2.49. The Kier molecular flexibility index (Phi) is 4.29. The van der Waals surface area contributed by atoms with Gasteiger partial charge in [0.1, 0.15) is 0 Å². The van der Waals surface area contributed by atoms with Gasteiger partial charge >= 0.3 is 0 Å². The molecule has 3 nitrogen and oxygen atoms in total. The molecule has 1 aliphatic rings. The van der Waals surface area contributed by atoms with Crippen LogP contribution in [0.1, 0.15) is 20.3 Å². The second-order valence-electron chi connectivity index (χ2n) is 3.85. The zero-order chi connectivity index (χ0) is 10.6. The van der Waals surface area contributed by atoms with Crippen molar-refractivity contribution in [3.63, 3.8) is 0 Å². The van der Waals surface area contributed by atoms with Crippen molar-refractivity contribution in [3.8, 4) is 0 Å². The number of hydrogen-bond donors (Lipinski definition) is 1. The third-order valence-corrected chi connectivity index (χ3v) is 2.49. The van der Waals surface area contributed by atoms with Crippen LogP contribution in [0.2, 0.25) is 0 Å². The molecule has 0 spiro atoms. The Morgan fingerprint density at radius 1 is 1.57 bits per heavy atom. The van der Waals surface area contributed by atoms with Crippen molar-refractivity contribution < 1.29 is 9.53 Å². The average Bonchev–Trinajstić information content (AvgIpc) is 2.61. The van der Waals surface area contributed by atoms with E-state index in [-0.39, 0.29) is 17.7 Å². The van der Waals surface area contributed by atoms with Gasteiger partial charge in [-0.2, -0.15) is 0 Å². The molecule has 1 saturated heterocycles. The van der Waals surface area contributed by atoms with Gasteiger partial charge in [-0.3, -0.25) is 4.79 Å². The summed E-state index contributed by atoms with van der Waals surface area (Å²) in [6.07, 6.45) is 1.07. The van der Waals surface area contributed by atoms with E-state index < -0.39 is 0 Å². The number of carbonyl (C=O) groups is 1. The highest BCUT2D eigenvalue weighted by molar-refractivity contribution is 5.96. The van der Waals surface area contributed by atoms with E-state index in [1.165, 1.54) is 0 Å². The summed E-state index contributed by atoms with van der Waals surface area (Å²) in [7, 11) is 0. The van der Waals surface area contributed by atoms with Crippen LogP contribution in [0.4, 0.5) is 0 Å². The minimum atomic E-state index is -0.0287. The maximum absolute atomic E-state index is 11.7. The van der Waals surface area contributed by atoms with Crippen LogP contribution in [0.3, 0.4) is 0 Å². The molecule has 0 amide bonds. The number of ether oxygens (including phenoxy) is 1. The fourth-order valence-corrected chi connectivity index (χ4v) is 1.66. The van der Waals surface area contributed by atoms with Crippen LogP contribution in [-0.2, 0) is 9.53 Å². The van der Waals surface area contributed by atoms with E-state index in [4.69, 9.17) is 4.74 Å². The molecule has 0 saturated carbocycles. The number of rotatable bonds is 5. The molecule has 14 heavy (non-hydrogen) atoms. The molecule has 1 heterocycles. The lowest BCUT2D eigenvalue weighted by atomic mass is 9.94. The Morgan fingerprint density at radius 2 is 2.29 bits per heavy atom. The van der Waals surface area contributed by atoms with Crippen LogP contribution in [-0.4, -0.2) is 31.6 Å². The summed E-state index contributed by atoms with van der Waals surface area (Å²) in [5.74, 6) is 0.107. The number of Topliss-reactive ketones (excluding diaryl/α,β-unsaturated/α-hetero) is 1. The monoisotopic (exact) mass is 197 g/mol. The largest absolute Gasteiger partial charge is 0.379 e. The molecular formula is C11H19NO2. The van der Waals surface area contributed by atoms with E-state index in [9.17, 15) is 4.79 Å². The second kappa shape index (κ2) is 5.27. The summed E-state index contributed by atoms with van der Waals surface area (Å²) >= 11 is 0. The smallest absolute Gasteiger partial charge is 0.165 e. The molecule has 0 aromatic rings. The minimum absolute atomic E-state index is 0.0287. The summed E-state index contributed by atoms with van der Waals surface area (Å²) in [5.41, 5.74) is 0.629. The maximum Gasteiger partial charge on any atom is 0.165 e. The third kappa shape index (κ3) is 2.66. The Hall–Kier alpha value is -0.670. The fourth-order valence-electron chi connectivity index (χ4n) is 1.66. The van der Waals surface area contributed by atoms with Gasteiger partial charge in [-0.1, -0.05) is 13.5 Å². The Bertz CT molecular complexity index is 225. The Balaban J connectivity index is 2.50. The summed E-state index contributed by atoms with van der Waals surface area (Å²) in [4.78, 5) is 11.7. The predicted molar refractivity (Wildman–Crippen MR) is 56.2 cm³/mol. The van der Waals surface area contributed by atoms with E-state index in [0.29, 0.717) is 18.8 Å². The van der Waals surface area contributed by atoms with Gasteiger partial charge < -0.3 is 10.1 Å². The highest BCUT2D eigenvalue weighted by Crippen LogP contribution is 2.17. The molecule has 3 heteroatoms. The van der Waals surface area contributed by atoms with Gasteiger partial charge in [0.25, 0.3) is 0 Å². The quantitative estimate of drug-likeness (QED) is 0.672. The molecule has 80 valence electrons. The predicted octanol–water partition coefficient (Wildman–Crippen LogP) is 1.15. The van der Waals surface area contributed by atoms with E-state index in [1.807, 2.05) is 0 Å². The SMILES string of the molecule is C=C(C)C(=O)C1COCC1NCCC. The highest BCUT2D eigenvalue weighted by Gasteiger charge is 2.33. The molecule has 0 aromatic carbocycles. The number of carbonyl (C=O) groups excluding carboxylic acids is 1. The van der Waals surface area contributed by atoms with Gasteiger partial charge in [0.15, 0.2) is 5.78 Å². The first-order valence-corrected chi connectivity index (χ1v) is 5.17. The minimum Gasteiger partial charge on any atom is -0.379 e. The second-order valence-corrected chi connectivity index (χ2v) is 3.85. The van der Waals surface area contributed by atoms with Crippen molar-refractivity contribution in [2.24, 2.45) is 5.92 Å². The molecule has 1 fully saturated rings. The van der Waals surface area contributed by atoms with Crippen molar-refractivity contribution in [3.05, 3.63) is 12.2 Å². The van der Waals surface area contributed by atoms with E-state index in [0.717, 1.165) is 13.0 Å². The summed E-state index contributed by atoms with van der Waals surface area (Å²) in [6.45, 7) is 9.67. The molecule has 0 aliphatic carbocycles. The summed E-state index contributed by atoms with van der Waals surface area (Å²) < 4.78 is 5.31. The first kappa shape index (κ1) is 11.4. The topological polar surface area (TPSA) is 38.3 Å². The van der Waals surface area contributed by atoms with Crippen LogP contribution >= 0.6 is 0 Å². The van der Waals surface area contributed by atoms with Crippen molar-refractivity contribution in [1.82, 2.24) is 5.32 Å². The van der Waals surface area contributed by atoms with Gasteiger partial charge in [-0.05, 0) is 25.5 Å². The summed E-state index contributed by atoms with van der Waals surface area (Å²) in [5, 5.41) is 3.33. The number of nitrogens with one attached hydrogen (secondary N) is 1. The van der Waals surface area contributed by atoms with Gasteiger partial charge in [0, 0.05) is 6.04 Å². The Labute approximate surface area is 85.5 Å². The average molecular weight is 197 g/mol. The van der Waals surface area contributed by atoms with Crippen molar-refractivity contribution in [2.45, 2.75) is 26.3 Å². The number of hydrogen-bond acceptors (Lipinski definition) is 3. The number of ketones is 1. The van der Waals surface area contributed by atoms with Crippen LogP contribution in [0.15, 0.2) is 12.2 Å². The molecule has 0 radical (unpaired) electrons. The van der Waals surface area contributed by atoms with Crippen LogP contribution in [0, 0.1) is 5.92 Å². The van der Waals surface area contributed by atoms with Crippen LogP contribution < -0.4 is 5.32 Å². The molecule has 2 unspecified atom stereocenters. The lowest BCUT2D eigenvalue weighted by molar-refractivity contribution is -0.119. The number of allylic oxidation sites excluding steroid dienone is 1. The van der Waals surface area contributed by atoms with E-state index >= 15 is 0 Å². The molecular weight excluding hydrogens is 178 g/mol.